The molecule has 0 saturated carbocycles. The highest BCUT2D eigenvalue weighted by atomic mass is 127. The number of ether oxygens (including phenoxy) is 1. The van der Waals surface area contributed by atoms with Crippen LogP contribution >= 0.6 is 22.6 Å². The second-order valence-electron chi connectivity index (χ2n) is 3.11. The van der Waals surface area contributed by atoms with Crippen LogP contribution in [-0.4, -0.2) is 16.0 Å². The zero-order valence-electron chi connectivity index (χ0n) is 7.13. The van der Waals surface area contributed by atoms with E-state index in [-0.39, 0.29) is 18.0 Å². The molecule has 0 bridgehead atoms. The third kappa shape index (κ3) is 2.21. The Morgan fingerprint density at radius 3 is 3.00 bits per heavy atom. The highest BCUT2D eigenvalue weighted by Gasteiger charge is 2.35. The molecule has 0 aliphatic carbocycles. The Morgan fingerprint density at radius 2 is 2.58 bits per heavy atom. The lowest BCUT2D eigenvalue weighted by Gasteiger charge is -2.10. The first kappa shape index (κ1) is 10.0. The van der Waals surface area contributed by atoms with Crippen molar-refractivity contribution in [3.63, 3.8) is 0 Å². The summed E-state index contributed by atoms with van der Waals surface area (Å²) >= 11 is 2.29. The molecule has 0 aromatic carbocycles. The number of alkyl halides is 1. The van der Waals surface area contributed by atoms with Gasteiger partial charge in [-0.15, -0.1) is 6.58 Å². The number of allylic oxidation sites excluding steroid dienone is 1. The molecule has 2 nitrogen and oxygen atoms in total. The van der Waals surface area contributed by atoms with E-state index < -0.39 is 0 Å². The Morgan fingerprint density at radius 1 is 1.92 bits per heavy atom. The van der Waals surface area contributed by atoms with Crippen LogP contribution in [0.15, 0.2) is 12.7 Å². The molecule has 0 unspecified atom stereocenters. The molecule has 12 heavy (non-hydrogen) atoms. The maximum Gasteiger partial charge on any atom is 0.309 e. The molecule has 0 radical (unpaired) electrons. The molecule has 1 aliphatic rings. The summed E-state index contributed by atoms with van der Waals surface area (Å²) in [6.07, 6.45) is 3.50. The van der Waals surface area contributed by atoms with Crippen molar-refractivity contribution >= 4 is 28.6 Å². The molecular weight excluding hydrogens is 267 g/mol. The van der Waals surface area contributed by atoms with Gasteiger partial charge in [0.2, 0.25) is 0 Å². The van der Waals surface area contributed by atoms with Gasteiger partial charge in [0.15, 0.2) is 0 Å². The molecule has 3 heteroatoms. The van der Waals surface area contributed by atoms with Crippen molar-refractivity contribution < 1.29 is 9.53 Å². The maximum absolute atomic E-state index is 11.2. The Bertz CT molecular complexity index is 189. The van der Waals surface area contributed by atoms with E-state index >= 15 is 0 Å². The van der Waals surface area contributed by atoms with Crippen molar-refractivity contribution in [2.24, 2.45) is 5.92 Å². The number of halogens is 1. The van der Waals surface area contributed by atoms with Gasteiger partial charge in [-0.2, -0.15) is 0 Å². The van der Waals surface area contributed by atoms with Gasteiger partial charge in [-0.05, 0) is 19.8 Å². The summed E-state index contributed by atoms with van der Waals surface area (Å²) in [6, 6.07) is 0. The number of hydrogen-bond acceptors (Lipinski definition) is 2. The lowest BCUT2D eigenvalue weighted by Crippen LogP contribution is -2.16. The fraction of sp³-hybridized carbons (Fsp3) is 0.667. The van der Waals surface area contributed by atoms with E-state index in [1.54, 1.807) is 6.08 Å². The number of carbonyl (C=O) groups excluding carboxylic acids is 1. The molecule has 1 rings (SSSR count). The van der Waals surface area contributed by atoms with E-state index in [0.29, 0.717) is 3.92 Å². The van der Waals surface area contributed by atoms with Crippen LogP contribution in [-0.2, 0) is 9.53 Å². The number of carbonyl (C=O) groups is 1. The van der Waals surface area contributed by atoms with Gasteiger partial charge in [0.1, 0.15) is 6.10 Å². The quantitative estimate of drug-likeness (QED) is 0.343. The second-order valence-corrected chi connectivity index (χ2v) is 5.07. The molecule has 0 N–H and O–H groups in total. The highest BCUT2D eigenvalue weighted by Crippen LogP contribution is 2.28. The minimum Gasteiger partial charge on any atom is -0.461 e. The van der Waals surface area contributed by atoms with Crippen LogP contribution in [0.25, 0.3) is 0 Å². The largest absolute Gasteiger partial charge is 0.461 e. The monoisotopic (exact) mass is 280 g/mol. The summed E-state index contributed by atoms with van der Waals surface area (Å²) in [5.41, 5.74) is 0. The van der Waals surface area contributed by atoms with Crippen molar-refractivity contribution in [2.75, 3.05) is 0 Å². The number of hydrogen-bond donors (Lipinski definition) is 0. The van der Waals surface area contributed by atoms with Gasteiger partial charge < -0.3 is 4.74 Å². The Kier molecular flexibility index (Phi) is 3.55. The SMILES string of the molecule is C=CC[C@@H]1C[C@@H]([C@H](C)I)OC1=O. The molecule has 0 aromatic rings. The third-order valence-corrected chi connectivity index (χ3v) is 2.88. The van der Waals surface area contributed by atoms with Crippen LogP contribution < -0.4 is 0 Å². The first-order valence-electron chi connectivity index (χ1n) is 4.10. The summed E-state index contributed by atoms with van der Waals surface area (Å²) < 4.78 is 5.60. The normalized spacial score (nSPS) is 31.3. The molecular formula is C9H13IO2. The predicted molar refractivity (Wildman–Crippen MR) is 56.3 cm³/mol. The van der Waals surface area contributed by atoms with Gasteiger partial charge in [0, 0.05) is 3.92 Å². The van der Waals surface area contributed by atoms with Crippen LogP contribution in [0.3, 0.4) is 0 Å². The number of rotatable bonds is 3. The van der Waals surface area contributed by atoms with Gasteiger partial charge in [0.05, 0.1) is 5.92 Å². The van der Waals surface area contributed by atoms with Crippen molar-refractivity contribution in [3.05, 3.63) is 12.7 Å². The van der Waals surface area contributed by atoms with Crippen molar-refractivity contribution in [1.82, 2.24) is 0 Å². The minimum atomic E-state index is -0.0524. The molecule has 0 spiro atoms. The van der Waals surface area contributed by atoms with E-state index in [1.807, 2.05) is 0 Å². The third-order valence-electron chi connectivity index (χ3n) is 2.08. The minimum absolute atomic E-state index is 0.0524. The molecule has 68 valence electrons. The van der Waals surface area contributed by atoms with Crippen LogP contribution in [0.4, 0.5) is 0 Å². The van der Waals surface area contributed by atoms with Crippen molar-refractivity contribution in [3.8, 4) is 0 Å². The zero-order valence-corrected chi connectivity index (χ0v) is 9.28. The summed E-state index contributed by atoms with van der Waals surface area (Å²) in [6.45, 7) is 5.68. The van der Waals surface area contributed by atoms with Crippen LogP contribution in [0.2, 0.25) is 0 Å². The summed E-state index contributed by atoms with van der Waals surface area (Å²) in [4.78, 5) is 11.2. The Hall–Kier alpha value is -0.0600. The summed E-state index contributed by atoms with van der Waals surface area (Å²) in [7, 11) is 0. The molecule has 0 aromatic heterocycles. The van der Waals surface area contributed by atoms with Crippen LogP contribution in [0.5, 0.6) is 0 Å². The average Bonchev–Trinajstić information content (AvgIpc) is 2.34. The van der Waals surface area contributed by atoms with E-state index in [9.17, 15) is 4.79 Å². The number of esters is 1. The summed E-state index contributed by atoms with van der Waals surface area (Å²) in [5, 5.41) is 0. The van der Waals surface area contributed by atoms with E-state index in [1.165, 1.54) is 0 Å². The zero-order chi connectivity index (χ0) is 9.14. The van der Waals surface area contributed by atoms with Gasteiger partial charge in [-0.25, -0.2) is 0 Å². The highest BCUT2D eigenvalue weighted by molar-refractivity contribution is 14.1. The van der Waals surface area contributed by atoms with E-state index in [0.717, 1.165) is 12.8 Å². The average molecular weight is 280 g/mol. The van der Waals surface area contributed by atoms with Crippen LogP contribution in [0, 0.1) is 5.92 Å². The fourth-order valence-electron chi connectivity index (χ4n) is 1.35. The molecule has 1 aliphatic heterocycles. The predicted octanol–water partition coefficient (Wildman–Crippen LogP) is 2.32. The van der Waals surface area contributed by atoms with Crippen molar-refractivity contribution in [1.29, 1.82) is 0 Å². The fourth-order valence-corrected chi connectivity index (χ4v) is 1.79. The van der Waals surface area contributed by atoms with Gasteiger partial charge >= 0.3 is 5.97 Å². The Balaban J connectivity index is 2.50. The Labute approximate surface area is 86.5 Å². The summed E-state index contributed by atoms with van der Waals surface area (Å²) in [5.74, 6) is 0.00753. The number of cyclic esters (lactones) is 1. The molecule has 0 amide bonds. The van der Waals surface area contributed by atoms with Crippen LogP contribution in [0.1, 0.15) is 19.8 Å². The molecule has 3 atom stereocenters. The van der Waals surface area contributed by atoms with Crippen molar-refractivity contribution in [2.45, 2.75) is 29.8 Å². The smallest absolute Gasteiger partial charge is 0.309 e. The topological polar surface area (TPSA) is 26.3 Å². The molecule has 1 fully saturated rings. The lowest BCUT2D eigenvalue weighted by molar-refractivity contribution is -0.144. The molecule has 1 saturated heterocycles. The van der Waals surface area contributed by atoms with Gasteiger partial charge in [-0.3, -0.25) is 4.79 Å². The van der Waals surface area contributed by atoms with E-state index in [4.69, 9.17) is 4.74 Å². The maximum atomic E-state index is 11.2. The standard InChI is InChI=1S/C9H13IO2/c1-3-4-7-5-8(6(2)10)12-9(7)11/h3,6-8H,1,4-5H2,2H3/t6-,7+,8-/m0/s1. The molecule has 1 heterocycles. The van der Waals surface area contributed by atoms with Gasteiger partial charge in [0.25, 0.3) is 0 Å². The second kappa shape index (κ2) is 4.25. The van der Waals surface area contributed by atoms with Gasteiger partial charge in [-0.1, -0.05) is 28.7 Å². The first-order valence-corrected chi connectivity index (χ1v) is 5.35. The van der Waals surface area contributed by atoms with E-state index in [2.05, 4.69) is 36.1 Å². The first-order chi connectivity index (χ1) is 5.65. The lowest BCUT2D eigenvalue weighted by atomic mass is 10.0.